The highest BCUT2D eigenvalue weighted by atomic mass is 16.3. The number of aryl methyl sites for hydroxylation is 1. The molecule has 4 heteroatoms. The van der Waals surface area contributed by atoms with E-state index in [9.17, 15) is 9.90 Å². The van der Waals surface area contributed by atoms with E-state index >= 15 is 0 Å². The molecule has 0 saturated carbocycles. The molecular weight excluding hydrogens is 240 g/mol. The van der Waals surface area contributed by atoms with Crippen LogP contribution in [0.15, 0.2) is 18.2 Å². The molecule has 1 atom stereocenters. The maximum Gasteiger partial charge on any atom is 0.236 e. The molecule has 0 saturated heterocycles. The van der Waals surface area contributed by atoms with Crippen LogP contribution in [0.3, 0.4) is 0 Å². The van der Waals surface area contributed by atoms with E-state index in [0.29, 0.717) is 12.3 Å². The van der Waals surface area contributed by atoms with Crippen LogP contribution < -0.4 is 5.32 Å². The number of amides is 1. The monoisotopic (exact) mass is 262 g/mol. The van der Waals surface area contributed by atoms with Crippen molar-refractivity contribution in [3.8, 4) is 5.75 Å². The number of phenols is 1. The van der Waals surface area contributed by atoms with Gasteiger partial charge >= 0.3 is 0 Å². The molecule has 1 aliphatic rings. The van der Waals surface area contributed by atoms with Gasteiger partial charge in [0.25, 0.3) is 0 Å². The molecule has 0 heterocycles. The van der Waals surface area contributed by atoms with E-state index in [2.05, 4.69) is 5.32 Å². The molecule has 1 unspecified atom stereocenters. The molecule has 0 aromatic heterocycles. The van der Waals surface area contributed by atoms with Gasteiger partial charge in [-0.15, -0.1) is 0 Å². The number of hydrogen-bond acceptors (Lipinski definition) is 3. The van der Waals surface area contributed by atoms with Gasteiger partial charge in [-0.1, -0.05) is 6.07 Å². The van der Waals surface area contributed by atoms with E-state index in [-0.39, 0.29) is 11.9 Å². The fourth-order valence-corrected chi connectivity index (χ4v) is 2.71. The lowest BCUT2D eigenvalue weighted by molar-refractivity contribution is -0.130. The maximum atomic E-state index is 12.0. The number of nitrogens with one attached hydrogen (secondary N) is 1. The van der Waals surface area contributed by atoms with Gasteiger partial charge in [0.15, 0.2) is 0 Å². The van der Waals surface area contributed by atoms with Gasteiger partial charge in [-0.3, -0.25) is 4.79 Å². The van der Waals surface area contributed by atoms with Crippen LogP contribution in [-0.4, -0.2) is 35.5 Å². The van der Waals surface area contributed by atoms with E-state index in [0.717, 1.165) is 25.9 Å². The number of fused-ring (bicyclic) bond motifs is 1. The lowest BCUT2D eigenvalue weighted by atomic mass is 10.1. The van der Waals surface area contributed by atoms with Crippen LogP contribution in [-0.2, 0) is 11.2 Å². The summed E-state index contributed by atoms with van der Waals surface area (Å²) in [5.74, 6) is 0.468. The average Bonchev–Trinajstić information content (AvgIpc) is 2.80. The summed E-state index contributed by atoms with van der Waals surface area (Å²) in [5, 5.41) is 12.8. The highest BCUT2D eigenvalue weighted by Gasteiger charge is 2.23. The van der Waals surface area contributed by atoms with E-state index in [4.69, 9.17) is 0 Å². The normalized spacial score (nSPS) is 17.3. The second-order valence-corrected chi connectivity index (χ2v) is 4.92. The summed E-state index contributed by atoms with van der Waals surface area (Å²) >= 11 is 0. The number of likely N-dealkylation sites (N-methyl/N-ethyl adjacent to an activating group) is 1. The summed E-state index contributed by atoms with van der Waals surface area (Å²) in [4.78, 5) is 13.8. The van der Waals surface area contributed by atoms with Crippen molar-refractivity contribution < 1.29 is 9.90 Å². The zero-order valence-electron chi connectivity index (χ0n) is 11.6. The molecular formula is C15H22N2O2. The van der Waals surface area contributed by atoms with Crippen LogP contribution in [0.4, 0.5) is 0 Å². The van der Waals surface area contributed by atoms with Crippen LogP contribution >= 0.6 is 0 Å². The molecule has 0 radical (unpaired) electrons. The van der Waals surface area contributed by atoms with Crippen LogP contribution in [0, 0.1) is 0 Å². The Morgan fingerprint density at radius 1 is 1.42 bits per heavy atom. The third-order valence-corrected chi connectivity index (χ3v) is 3.82. The van der Waals surface area contributed by atoms with Gasteiger partial charge < -0.3 is 15.3 Å². The minimum Gasteiger partial charge on any atom is -0.508 e. The molecule has 0 fully saturated rings. The third-order valence-electron chi connectivity index (χ3n) is 3.82. The quantitative estimate of drug-likeness (QED) is 0.851. The van der Waals surface area contributed by atoms with Crippen molar-refractivity contribution in [2.45, 2.75) is 32.7 Å². The molecule has 1 aliphatic carbocycles. The Kier molecular flexibility index (Phi) is 4.43. The molecule has 1 aromatic rings. The average molecular weight is 262 g/mol. The molecule has 1 aromatic carbocycles. The topological polar surface area (TPSA) is 52.6 Å². The predicted molar refractivity (Wildman–Crippen MR) is 75.1 cm³/mol. The van der Waals surface area contributed by atoms with Crippen molar-refractivity contribution in [2.75, 3.05) is 19.6 Å². The van der Waals surface area contributed by atoms with Gasteiger partial charge in [0, 0.05) is 19.1 Å². The summed E-state index contributed by atoms with van der Waals surface area (Å²) in [7, 11) is 0. The van der Waals surface area contributed by atoms with Gasteiger partial charge in [-0.05, 0) is 49.9 Å². The summed E-state index contributed by atoms with van der Waals surface area (Å²) in [6, 6.07) is 5.72. The van der Waals surface area contributed by atoms with Gasteiger partial charge in [0.1, 0.15) is 5.75 Å². The standard InChI is InChI=1S/C15H22N2O2/c1-3-17(4-2)15(19)10-16-14-8-5-11-9-12(18)6-7-13(11)14/h6-7,9,14,16,18H,3-5,8,10H2,1-2H3. The van der Waals surface area contributed by atoms with E-state index in [1.54, 1.807) is 6.07 Å². The molecule has 0 spiro atoms. The first-order chi connectivity index (χ1) is 9.15. The second-order valence-electron chi connectivity index (χ2n) is 4.92. The van der Waals surface area contributed by atoms with Crippen LogP contribution in [0.1, 0.15) is 37.4 Å². The number of aromatic hydroxyl groups is 1. The Labute approximate surface area is 114 Å². The third kappa shape index (κ3) is 3.07. The smallest absolute Gasteiger partial charge is 0.236 e. The van der Waals surface area contributed by atoms with Crippen molar-refractivity contribution in [2.24, 2.45) is 0 Å². The number of phenolic OH excluding ortho intramolecular Hbond substituents is 1. The molecule has 2 N–H and O–H groups in total. The van der Waals surface area contributed by atoms with Gasteiger partial charge in [0.05, 0.1) is 6.54 Å². The molecule has 2 rings (SSSR count). The molecule has 104 valence electrons. The molecule has 0 bridgehead atoms. The van der Waals surface area contributed by atoms with E-state index in [1.807, 2.05) is 30.9 Å². The highest BCUT2D eigenvalue weighted by Crippen LogP contribution is 2.32. The number of carbonyl (C=O) groups is 1. The van der Waals surface area contributed by atoms with Gasteiger partial charge in [0.2, 0.25) is 5.91 Å². The number of rotatable bonds is 5. The van der Waals surface area contributed by atoms with Crippen molar-refractivity contribution in [1.29, 1.82) is 0 Å². The van der Waals surface area contributed by atoms with Gasteiger partial charge in [-0.25, -0.2) is 0 Å². The van der Waals surface area contributed by atoms with E-state index in [1.165, 1.54) is 11.1 Å². The summed E-state index contributed by atoms with van der Waals surface area (Å²) in [6.45, 7) is 5.88. The van der Waals surface area contributed by atoms with Crippen molar-refractivity contribution in [3.05, 3.63) is 29.3 Å². The molecule has 1 amide bonds. The number of benzene rings is 1. The number of nitrogens with zero attached hydrogens (tertiary/aromatic N) is 1. The van der Waals surface area contributed by atoms with Crippen molar-refractivity contribution in [3.63, 3.8) is 0 Å². The van der Waals surface area contributed by atoms with Crippen molar-refractivity contribution in [1.82, 2.24) is 10.2 Å². The predicted octanol–water partition coefficient (Wildman–Crippen LogP) is 1.84. The summed E-state index contributed by atoms with van der Waals surface area (Å²) in [6.07, 6.45) is 1.95. The van der Waals surface area contributed by atoms with Crippen LogP contribution in [0.2, 0.25) is 0 Å². The number of hydrogen-bond donors (Lipinski definition) is 2. The Hall–Kier alpha value is -1.55. The van der Waals surface area contributed by atoms with Crippen LogP contribution in [0.5, 0.6) is 5.75 Å². The minimum absolute atomic E-state index is 0.150. The summed E-state index contributed by atoms with van der Waals surface area (Å²) in [5.41, 5.74) is 2.40. The van der Waals surface area contributed by atoms with Crippen LogP contribution in [0.25, 0.3) is 0 Å². The number of carbonyl (C=O) groups excluding carboxylic acids is 1. The van der Waals surface area contributed by atoms with Crippen molar-refractivity contribution >= 4 is 5.91 Å². The zero-order chi connectivity index (χ0) is 13.8. The minimum atomic E-state index is 0.150. The lowest BCUT2D eigenvalue weighted by Crippen LogP contribution is -2.38. The zero-order valence-corrected chi connectivity index (χ0v) is 11.6. The highest BCUT2D eigenvalue weighted by molar-refractivity contribution is 5.78. The first kappa shape index (κ1) is 13.9. The van der Waals surface area contributed by atoms with E-state index < -0.39 is 0 Å². The molecule has 19 heavy (non-hydrogen) atoms. The Bertz CT molecular complexity index is 455. The summed E-state index contributed by atoms with van der Waals surface area (Å²) < 4.78 is 0. The largest absolute Gasteiger partial charge is 0.508 e. The molecule has 4 nitrogen and oxygen atoms in total. The SMILES string of the molecule is CCN(CC)C(=O)CNC1CCc2cc(O)ccc21. The first-order valence-electron chi connectivity index (χ1n) is 6.98. The first-order valence-corrected chi connectivity index (χ1v) is 6.98. The fourth-order valence-electron chi connectivity index (χ4n) is 2.71. The Morgan fingerprint density at radius 2 is 2.16 bits per heavy atom. The lowest BCUT2D eigenvalue weighted by Gasteiger charge is -2.21. The molecule has 0 aliphatic heterocycles. The fraction of sp³-hybridized carbons (Fsp3) is 0.533. The Morgan fingerprint density at radius 3 is 2.84 bits per heavy atom. The maximum absolute atomic E-state index is 12.0. The second kappa shape index (κ2) is 6.06. The van der Waals surface area contributed by atoms with Gasteiger partial charge in [-0.2, -0.15) is 0 Å². The Balaban J connectivity index is 1.94.